The van der Waals surface area contributed by atoms with Crippen LogP contribution in [0.2, 0.25) is 0 Å². The molecule has 0 radical (unpaired) electrons. The van der Waals surface area contributed by atoms with Gasteiger partial charge in [-0.1, -0.05) is 52.3 Å². The molecule has 0 fully saturated rings. The van der Waals surface area contributed by atoms with Gasteiger partial charge in [-0.2, -0.15) is 0 Å². The predicted octanol–water partition coefficient (Wildman–Crippen LogP) is 5.89. The summed E-state index contributed by atoms with van der Waals surface area (Å²) < 4.78 is 1.14. The molecule has 1 heterocycles. The third-order valence-electron chi connectivity index (χ3n) is 5.18. The van der Waals surface area contributed by atoms with Gasteiger partial charge >= 0.3 is 0 Å². The van der Waals surface area contributed by atoms with Gasteiger partial charge in [0.2, 0.25) is 0 Å². The summed E-state index contributed by atoms with van der Waals surface area (Å²) in [5.41, 5.74) is 6.99. The zero-order valence-electron chi connectivity index (χ0n) is 12.9. The fourth-order valence-electron chi connectivity index (χ4n) is 4.04. The number of nitrogens with one attached hydrogen (secondary N) is 1. The quantitative estimate of drug-likeness (QED) is 0.630. The summed E-state index contributed by atoms with van der Waals surface area (Å²) in [5, 5.41) is 3.86. The minimum atomic E-state index is 0.390. The van der Waals surface area contributed by atoms with E-state index in [1.807, 2.05) is 0 Å². The van der Waals surface area contributed by atoms with Crippen LogP contribution in [0.25, 0.3) is 0 Å². The van der Waals surface area contributed by atoms with Gasteiger partial charge in [0.15, 0.2) is 0 Å². The molecular weight excluding hydrogens is 334 g/mol. The molecule has 1 aliphatic heterocycles. The fourth-order valence-corrected chi connectivity index (χ4v) is 4.31. The van der Waals surface area contributed by atoms with Crippen molar-refractivity contribution in [2.75, 3.05) is 5.32 Å². The molecule has 0 saturated heterocycles. The molecule has 2 aromatic carbocycles. The second-order valence-corrected chi connectivity index (χ2v) is 7.43. The Balaban J connectivity index is 1.84. The largest absolute Gasteiger partial charge is 0.377 e. The van der Waals surface area contributed by atoms with Gasteiger partial charge in [-0.05, 0) is 60.6 Å². The molecule has 0 bridgehead atoms. The zero-order valence-corrected chi connectivity index (χ0v) is 14.5. The maximum atomic E-state index is 3.86. The van der Waals surface area contributed by atoms with Crippen molar-refractivity contribution in [1.29, 1.82) is 0 Å². The van der Waals surface area contributed by atoms with Crippen molar-refractivity contribution in [3.05, 3.63) is 75.3 Å². The van der Waals surface area contributed by atoms with Crippen LogP contribution in [0.15, 0.2) is 53.0 Å². The van der Waals surface area contributed by atoms with Crippen molar-refractivity contribution in [3.8, 4) is 0 Å². The van der Waals surface area contributed by atoms with Crippen molar-refractivity contribution in [2.45, 2.75) is 32.2 Å². The Bertz CT molecular complexity index is 745. The molecule has 112 valence electrons. The molecule has 2 heteroatoms. The summed E-state index contributed by atoms with van der Waals surface area (Å²) in [5.74, 6) is 1.17. The number of halogens is 1. The van der Waals surface area contributed by atoms with E-state index in [4.69, 9.17) is 0 Å². The van der Waals surface area contributed by atoms with Crippen molar-refractivity contribution in [3.63, 3.8) is 0 Å². The summed E-state index contributed by atoms with van der Waals surface area (Å²) in [6.45, 7) is 4.45. The number of anilines is 1. The first kappa shape index (κ1) is 14.1. The van der Waals surface area contributed by atoms with Crippen molar-refractivity contribution in [2.24, 2.45) is 5.92 Å². The lowest BCUT2D eigenvalue weighted by molar-refractivity contribution is 0.424. The molecule has 0 amide bonds. The van der Waals surface area contributed by atoms with Crippen molar-refractivity contribution < 1.29 is 0 Å². The Morgan fingerprint density at radius 3 is 2.50 bits per heavy atom. The van der Waals surface area contributed by atoms with Crippen LogP contribution in [0.5, 0.6) is 0 Å². The van der Waals surface area contributed by atoms with E-state index < -0.39 is 0 Å². The number of benzene rings is 2. The number of allylic oxidation sites excluding steroid dienone is 2. The molecule has 0 saturated carbocycles. The topological polar surface area (TPSA) is 12.0 Å². The number of fused-ring (bicyclic) bond motifs is 3. The van der Waals surface area contributed by atoms with E-state index in [9.17, 15) is 0 Å². The van der Waals surface area contributed by atoms with E-state index in [0.717, 1.165) is 10.9 Å². The highest BCUT2D eigenvalue weighted by molar-refractivity contribution is 9.10. The molecule has 0 aromatic heterocycles. The molecule has 2 aromatic rings. The normalized spacial score (nSPS) is 25.5. The highest BCUT2D eigenvalue weighted by Crippen LogP contribution is 2.51. The molecule has 3 atom stereocenters. The summed E-state index contributed by atoms with van der Waals surface area (Å²) >= 11 is 3.54. The molecule has 2 aliphatic rings. The predicted molar refractivity (Wildman–Crippen MR) is 96.4 cm³/mol. The molecule has 22 heavy (non-hydrogen) atoms. The van der Waals surface area contributed by atoms with Gasteiger partial charge in [0, 0.05) is 16.1 Å². The molecule has 0 spiro atoms. The Hall–Kier alpha value is -1.54. The van der Waals surface area contributed by atoms with Crippen molar-refractivity contribution >= 4 is 21.6 Å². The van der Waals surface area contributed by atoms with Crippen LogP contribution in [0.1, 0.15) is 40.6 Å². The van der Waals surface area contributed by atoms with Gasteiger partial charge in [-0.25, -0.2) is 0 Å². The first-order valence-electron chi connectivity index (χ1n) is 7.94. The van der Waals surface area contributed by atoms with Crippen molar-refractivity contribution in [1.82, 2.24) is 0 Å². The fraction of sp³-hybridized carbons (Fsp3) is 0.300. The third-order valence-corrected chi connectivity index (χ3v) is 5.70. The third kappa shape index (κ3) is 2.13. The van der Waals surface area contributed by atoms with Crippen LogP contribution in [-0.2, 0) is 0 Å². The zero-order chi connectivity index (χ0) is 15.3. The van der Waals surface area contributed by atoms with Crippen LogP contribution in [0.4, 0.5) is 5.69 Å². The van der Waals surface area contributed by atoms with Gasteiger partial charge in [0.1, 0.15) is 0 Å². The lowest BCUT2D eigenvalue weighted by Crippen LogP contribution is -2.30. The van der Waals surface area contributed by atoms with E-state index in [-0.39, 0.29) is 0 Å². The number of aryl methyl sites for hydroxylation is 2. The van der Waals surface area contributed by atoms with E-state index in [0.29, 0.717) is 17.9 Å². The van der Waals surface area contributed by atoms with E-state index in [1.54, 1.807) is 0 Å². The van der Waals surface area contributed by atoms with Gasteiger partial charge in [-0.3, -0.25) is 0 Å². The minimum Gasteiger partial charge on any atom is -0.377 e. The smallest absolute Gasteiger partial charge is 0.0554 e. The monoisotopic (exact) mass is 353 g/mol. The molecule has 0 unspecified atom stereocenters. The van der Waals surface area contributed by atoms with E-state index in [1.165, 1.54) is 27.9 Å². The first-order chi connectivity index (χ1) is 10.6. The summed E-state index contributed by atoms with van der Waals surface area (Å²) in [6, 6.07) is 13.7. The second kappa shape index (κ2) is 5.27. The minimum absolute atomic E-state index is 0.390. The molecule has 1 N–H and O–H groups in total. The molecule has 1 nitrogen and oxygen atoms in total. The summed E-state index contributed by atoms with van der Waals surface area (Å²) in [4.78, 5) is 0. The average molecular weight is 354 g/mol. The number of rotatable bonds is 1. The van der Waals surface area contributed by atoms with Crippen LogP contribution in [-0.4, -0.2) is 0 Å². The Labute approximate surface area is 140 Å². The van der Waals surface area contributed by atoms with Crippen LogP contribution < -0.4 is 5.32 Å². The highest BCUT2D eigenvalue weighted by atomic mass is 79.9. The van der Waals surface area contributed by atoms with Gasteiger partial charge < -0.3 is 5.32 Å². The van der Waals surface area contributed by atoms with Gasteiger partial charge in [0.25, 0.3) is 0 Å². The van der Waals surface area contributed by atoms with Gasteiger partial charge in [0.05, 0.1) is 6.04 Å². The molecule has 1 aliphatic carbocycles. The number of hydrogen-bond acceptors (Lipinski definition) is 1. The Morgan fingerprint density at radius 2 is 1.73 bits per heavy atom. The number of hydrogen-bond donors (Lipinski definition) is 1. The second-order valence-electron chi connectivity index (χ2n) is 6.52. The lowest BCUT2D eigenvalue weighted by atomic mass is 9.75. The standard InChI is InChI=1S/C20H20BrN/c1-12-6-7-13(2)19-18(12)16-4-3-5-17(16)20(22-19)14-8-10-15(21)11-9-14/h3-4,6-11,16-17,20,22H,5H2,1-2H3/t16-,17+,20-/m1/s1. The summed E-state index contributed by atoms with van der Waals surface area (Å²) in [7, 11) is 0. The maximum Gasteiger partial charge on any atom is 0.0554 e. The van der Waals surface area contributed by atoms with Crippen LogP contribution in [0.3, 0.4) is 0 Å². The molecule has 4 rings (SSSR count). The SMILES string of the molecule is Cc1ccc(C)c2c1N[C@H](c1ccc(Br)cc1)[C@H]1CC=C[C@@H]21. The van der Waals surface area contributed by atoms with E-state index in [2.05, 4.69) is 83.6 Å². The van der Waals surface area contributed by atoms with Crippen LogP contribution >= 0.6 is 15.9 Å². The Kier molecular flexibility index (Phi) is 3.37. The molecular formula is C20H20BrN. The summed E-state index contributed by atoms with van der Waals surface area (Å²) in [6.07, 6.45) is 5.94. The van der Waals surface area contributed by atoms with E-state index >= 15 is 0 Å². The Morgan fingerprint density at radius 1 is 1.00 bits per heavy atom. The van der Waals surface area contributed by atoms with Crippen LogP contribution in [0, 0.1) is 19.8 Å². The lowest BCUT2D eigenvalue weighted by Gasteiger charge is -2.39. The highest BCUT2D eigenvalue weighted by Gasteiger charge is 2.38. The first-order valence-corrected chi connectivity index (χ1v) is 8.73. The van der Waals surface area contributed by atoms with Gasteiger partial charge in [-0.15, -0.1) is 0 Å². The average Bonchev–Trinajstić information content (AvgIpc) is 3.00. The maximum absolute atomic E-state index is 3.86.